The summed E-state index contributed by atoms with van der Waals surface area (Å²) < 4.78 is 28.5. The van der Waals surface area contributed by atoms with Crippen LogP contribution in [0.2, 0.25) is 0 Å². The van der Waals surface area contributed by atoms with Gasteiger partial charge in [-0.15, -0.1) is 0 Å². The molecule has 1 aliphatic carbocycles. The van der Waals surface area contributed by atoms with E-state index in [0.29, 0.717) is 11.2 Å². The van der Waals surface area contributed by atoms with Crippen molar-refractivity contribution in [1.29, 1.82) is 0 Å². The topological polar surface area (TPSA) is 104 Å². The van der Waals surface area contributed by atoms with Crippen LogP contribution in [-0.4, -0.2) is 35.8 Å². The number of para-hydroxylation sites is 1. The maximum absolute atomic E-state index is 13.5. The van der Waals surface area contributed by atoms with E-state index in [1.54, 1.807) is 22.9 Å². The van der Waals surface area contributed by atoms with E-state index in [1.165, 1.54) is 12.3 Å². The zero-order valence-corrected chi connectivity index (χ0v) is 14.8. The van der Waals surface area contributed by atoms with Gasteiger partial charge in [0, 0.05) is 30.9 Å². The third-order valence-corrected chi connectivity index (χ3v) is 5.10. The van der Waals surface area contributed by atoms with Gasteiger partial charge < -0.3 is 4.98 Å². The minimum Gasteiger partial charge on any atom is -0.310 e. The summed E-state index contributed by atoms with van der Waals surface area (Å²) in [5, 5.41) is 13.7. The lowest BCUT2D eigenvalue weighted by atomic mass is 9.92. The Morgan fingerprint density at radius 2 is 2.00 bits per heavy atom. The molecule has 0 saturated heterocycles. The molecule has 3 aromatic rings. The van der Waals surface area contributed by atoms with Crippen LogP contribution < -0.4 is 5.56 Å². The normalized spacial score (nSPS) is 17.1. The fourth-order valence-corrected chi connectivity index (χ4v) is 3.63. The molecule has 2 heterocycles. The number of aromatic nitrogens is 4. The van der Waals surface area contributed by atoms with Crippen molar-refractivity contribution in [3.8, 4) is 0 Å². The van der Waals surface area contributed by atoms with Crippen LogP contribution in [0.25, 0.3) is 11.0 Å². The fraction of sp³-hybridized carbons (Fsp3) is 0.389. The van der Waals surface area contributed by atoms with Crippen molar-refractivity contribution < 1.29 is 18.9 Å². The second-order valence-electron chi connectivity index (χ2n) is 7.00. The highest BCUT2D eigenvalue weighted by Crippen LogP contribution is 2.38. The molecule has 0 radical (unpaired) electrons. The molecule has 10 heteroatoms. The summed E-state index contributed by atoms with van der Waals surface area (Å²) in [6.45, 7) is 0. The Morgan fingerprint density at radius 3 is 2.71 bits per heavy atom. The predicted molar refractivity (Wildman–Crippen MR) is 94.9 cm³/mol. The lowest BCUT2D eigenvalue weighted by molar-refractivity contribution is -0.730. The first-order valence-corrected chi connectivity index (χ1v) is 8.92. The number of hydrogen-bond acceptors (Lipinski definition) is 4. The Balaban J connectivity index is 1.70. The molecule has 1 fully saturated rings. The van der Waals surface area contributed by atoms with E-state index in [2.05, 4.69) is 15.1 Å². The number of nitrogens with zero attached hydrogens (tertiary/aromatic N) is 4. The molecule has 146 valence electrons. The summed E-state index contributed by atoms with van der Waals surface area (Å²) in [6.07, 6.45) is 1.56. The number of alkyl halides is 2. The predicted octanol–water partition coefficient (Wildman–Crippen LogP) is 3.26. The van der Waals surface area contributed by atoms with E-state index in [9.17, 15) is 23.7 Å². The average molecular weight is 390 g/mol. The summed E-state index contributed by atoms with van der Waals surface area (Å²) in [4.78, 5) is 30.6. The van der Waals surface area contributed by atoms with Gasteiger partial charge in [0.25, 0.3) is 10.5 Å². The van der Waals surface area contributed by atoms with E-state index in [-0.39, 0.29) is 60.0 Å². The number of nitrogens with one attached hydrogen (secondary N) is 1. The standard InChI is InChI=1S/C18H17F2N5O3/c19-18(20)7-5-12(6-8-18)24-16-13(10-21-24)17(26)23-15(22-16)9-11-3-1-2-4-14(11)25(27)28/h1-4,10,12H,5-9H2,(H-,21,22,23,26,27,28)/p+1. The third kappa shape index (κ3) is 3.37. The van der Waals surface area contributed by atoms with Crippen LogP contribution >= 0.6 is 0 Å². The van der Waals surface area contributed by atoms with E-state index in [1.807, 2.05) is 0 Å². The zero-order valence-electron chi connectivity index (χ0n) is 14.8. The van der Waals surface area contributed by atoms with Gasteiger partial charge in [-0.25, -0.2) is 23.7 Å². The molecule has 0 spiro atoms. The van der Waals surface area contributed by atoms with E-state index in [4.69, 9.17) is 0 Å². The van der Waals surface area contributed by atoms with Crippen LogP contribution in [0.15, 0.2) is 35.3 Å². The second kappa shape index (κ2) is 6.77. The molecule has 0 atom stereocenters. The molecule has 4 rings (SSSR count). The Bertz CT molecular complexity index is 1100. The Kier molecular flexibility index (Phi) is 4.40. The number of H-pyrrole nitrogens is 1. The summed E-state index contributed by atoms with van der Waals surface area (Å²) in [6, 6.07) is 6.15. The molecule has 2 aromatic heterocycles. The molecular weight excluding hydrogens is 372 g/mol. The molecule has 1 saturated carbocycles. The second-order valence-corrected chi connectivity index (χ2v) is 7.00. The molecule has 1 aromatic carbocycles. The van der Waals surface area contributed by atoms with Crippen LogP contribution in [0.1, 0.15) is 43.1 Å². The monoisotopic (exact) mass is 390 g/mol. The van der Waals surface area contributed by atoms with Crippen LogP contribution in [0, 0.1) is 4.91 Å². The summed E-state index contributed by atoms with van der Waals surface area (Å²) in [7, 11) is 0. The molecule has 8 nitrogen and oxygen atoms in total. The number of halogens is 2. The molecule has 1 aliphatic rings. The maximum Gasteiger partial charge on any atom is 0.320 e. The van der Waals surface area contributed by atoms with Gasteiger partial charge in [-0.2, -0.15) is 5.10 Å². The smallest absolute Gasteiger partial charge is 0.310 e. The third-order valence-electron chi connectivity index (χ3n) is 5.10. The minimum atomic E-state index is -2.66. The van der Waals surface area contributed by atoms with Crippen molar-refractivity contribution in [2.75, 3.05) is 0 Å². The quantitative estimate of drug-likeness (QED) is 0.666. The van der Waals surface area contributed by atoms with E-state index < -0.39 is 11.5 Å². The van der Waals surface area contributed by atoms with Crippen molar-refractivity contribution >= 4 is 16.7 Å². The van der Waals surface area contributed by atoms with Gasteiger partial charge in [-0.05, 0) is 12.8 Å². The van der Waals surface area contributed by atoms with Gasteiger partial charge in [0.1, 0.15) is 11.2 Å². The Labute approximate surface area is 157 Å². The molecule has 28 heavy (non-hydrogen) atoms. The van der Waals surface area contributed by atoms with Crippen molar-refractivity contribution in [3.05, 3.63) is 57.1 Å². The van der Waals surface area contributed by atoms with E-state index in [0.717, 1.165) is 0 Å². The number of fused-ring (bicyclic) bond motifs is 1. The van der Waals surface area contributed by atoms with Gasteiger partial charge >= 0.3 is 5.69 Å². The molecule has 2 N–H and O–H groups in total. The highest BCUT2D eigenvalue weighted by Gasteiger charge is 2.36. The average Bonchev–Trinajstić information content (AvgIpc) is 3.06. The van der Waals surface area contributed by atoms with Crippen LogP contribution in [-0.2, 0) is 6.42 Å². The van der Waals surface area contributed by atoms with Crippen LogP contribution in [0.3, 0.4) is 0 Å². The highest BCUT2D eigenvalue weighted by molar-refractivity contribution is 5.73. The molecule has 0 amide bonds. The van der Waals surface area contributed by atoms with Crippen molar-refractivity contribution in [2.45, 2.75) is 44.1 Å². The van der Waals surface area contributed by atoms with Crippen LogP contribution in [0.5, 0.6) is 0 Å². The first-order valence-electron chi connectivity index (χ1n) is 8.92. The van der Waals surface area contributed by atoms with Crippen molar-refractivity contribution in [3.63, 3.8) is 0 Å². The Morgan fingerprint density at radius 1 is 1.29 bits per heavy atom. The van der Waals surface area contributed by atoms with Gasteiger partial charge in [-0.3, -0.25) is 4.79 Å². The van der Waals surface area contributed by atoms with E-state index >= 15 is 0 Å². The van der Waals surface area contributed by atoms with Crippen molar-refractivity contribution in [2.24, 2.45) is 0 Å². The highest BCUT2D eigenvalue weighted by atomic mass is 19.3. The number of hydrogen-bond donors (Lipinski definition) is 2. The molecule has 0 unspecified atom stereocenters. The van der Waals surface area contributed by atoms with Gasteiger partial charge in [0.15, 0.2) is 5.65 Å². The number of benzene rings is 1. The van der Waals surface area contributed by atoms with Crippen molar-refractivity contribution in [1.82, 2.24) is 19.7 Å². The fourth-order valence-electron chi connectivity index (χ4n) is 3.63. The minimum absolute atomic E-state index is 0.0493. The van der Waals surface area contributed by atoms with Gasteiger partial charge in [0.2, 0.25) is 5.92 Å². The van der Waals surface area contributed by atoms with Crippen LogP contribution in [0.4, 0.5) is 14.5 Å². The first-order chi connectivity index (χ1) is 13.3. The molecule has 0 aliphatic heterocycles. The molecule has 0 bridgehead atoms. The van der Waals surface area contributed by atoms with Gasteiger partial charge in [0.05, 0.1) is 17.1 Å². The summed E-state index contributed by atoms with van der Waals surface area (Å²) in [5.41, 5.74) is 0.460. The number of aromatic amines is 1. The summed E-state index contributed by atoms with van der Waals surface area (Å²) in [5.74, 6) is -2.37. The maximum atomic E-state index is 13.5. The lowest BCUT2D eigenvalue weighted by Gasteiger charge is -2.28. The molecular formula is C18H18F2N5O3+. The Hall–Kier alpha value is -3.17. The lowest BCUT2D eigenvalue weighted by Crippen LogP contribution is -2.27. The zero-order chi connectivity index (χ0) is 19.9. The first kappa shape index (κ1) is 18.2. The largest absolute Gasteiger partial charge is 0.320 e. The SMILES string of the molecule is O=c1[nH]c(Cc2ccccc2[N+](=O)O)nc2c1cnn2C1CCC(F)(F)CC1. The number of rotatable bonds is 4. The summed E-state index contributed by atoms with van der Waals surface area (Å²) >= 11 is 0. The van der Waals surface area contributed by atoms with Gasteiger partial charge in [-0.1, -0.05) is 18.2 Å².